The topological polar surface area (TPSA) is 98.5 Å². The minimum absolute atomic E-state index is 0.148. The molecule has 0 spiro atoms. The molecule has 0 aliphatic carbocycles. The third kappa shape index (κ3) is 6.81. The standard InChI is InChI=1S/C7H16N2O4S/c1-6(8)5-9-14(11,12)4-3-7(10)13-2/h6,9H,3-5,8H2,1-2H3. The highest BCUT2D eigenvalue weighted by molar-refractivity contribution is 7.89. The molecule has 84 valence electrons. The highest BCUT2D eigenvalue weighted by atomic mass is 32.2. The Kier molecular flexibility index (Phi) is 5.66. The largest absolute Gasteiger partial charge is 0.469 e. The van der Waals surface area contributed by atoms with E-state index in [4.69, 9.17) is 5.73 Å². The van der Waals surface area contributed by atoms with Gasteiger partial charge in [-0.25, -0.2) is 13.1 Å². The van der Waals surface area contributed by atoms with Crippen LogP contribution in [0.3, 0.4) is 0 Å². The lowest BCUT2D eigenvalue weighted by Crippen LogP contribution is -2.36. The lowest BCUT2D eigenvalue weighted by Gasteiger charge is -2.07. The Morgan fingerprint density at radius 2 is 2.14 bits per heavy atom. The molecule has 7 heteroatoms. The fourth-order valence-electron chi connectivity index (χ4n) is 0.650. The predicted molar refractivity (Wildman–Crippen MR) is 52.1 cm³/mol. The molecule has 0 amide bonds. The molecular weight excluding hydrogens is 208 g/mol. The predicted octanol–water partition coefficient (Wildman–Crippen LogP) is -1.18. The average Bonchev–Trinajstić information content (AvgIpc) is 2.11. The molecule has 0 rings (SSSR count). The van der Waals surface area contributed by atoms with Gasteiger partial charge in [-0.2, -0.15) is 0 Å². The van der Waals surface area contributed by atoms with E-state index in [9.17, 15) is 13.2 Å². The minimum atomic E-state index is -3.41. The van der Waals surface area contributed by atoms with Crippen LogP contribution in [0.5, 0.6) is 0 Å². The lowest BCUT2D eigenvalue weighted by atomic mass is 10.4. The van der Waals surface area contributed by atoms with Crippen LogP contribution in [0, 0.1) is 0 Å². The van der Waals surface area contributed by atoms with Gasteiger partial charge in [-0.1, -0.05) is 0 Å². The maximum absolute atomic E-state index is 11.2. The van der Waals surface area contributed by atoms with E-state index in [1.54, 1.807) is 6.92 Å². The van der Waals surface area contributed by atoms with E-state index < -0.39 is 16.0 Å². The molecule has 0 aliphatic rings. The van der Waals surface area contributed by atoms with Crippen molar-refractivity contribution in [1.82, 2.24) is 4.72 Å². The van der Waals surface area contributed by atoms with Crippen LogP contribution in [0.1, 0.15) is 13.3 Å². The number of rotatable bonds is 6. The quantitative estimate of drug-likeness (QED) is 0.553. The van der Waals surface area contributed by atoms with E-state index in [0.717, 1.165) is 0 Å². The van der Waals surface area contributed by atoms with Gasteiger partial charge in [0.15, 0.2) is 0 Å². The van der Waals surface area contributed by atoms with E-state index >= 15 is 0 Å². The summed E-state index contributed by atoms with van der Waals surface area (Å²) >= 11 is 0. The van der Waals surface area contributed by atoms with Gasteiger partial charge in [0, 0.05) is 12.6 Å². The van der Waals surface area contributed by atoms with Crippen LogP contribution in [-0.4, -0.2) is 39.8 Å². The number of esters is 1. The molecule has 6 nitrogen and oxygen atoms in total. The van der Waals surface area contributed by atoms with Gasteiger partial charge in [0.05, 0.1) is 19.3 Å². The number of carbonyl (C=O) groups is 1. The maximum atomic E-state index is 11.2. The summed E-state index contributed by atoms with van der Waals surface area (Å²) in [5.74, 6) is -0.817. The normalized spacial score (nSPS) is 13.6. The average molecular weight is 224 g/mol. The van der Waals surface area contributed by atoms with Gasteiger partial charge < -0.3 is 10.5 Å². The van der Waals surface area contributed by atoms with Crippen molar-refractivity contribution in [3.63, 3.8) is 0 Å². The van der Waals surface area contributed by atoms with Crippen molar-refractivity contribution >= 4 is 16.0 Å². The lowest BCUT2D eigenvalue weighted by molar-refractivity contribution is -0.140. The van der Waals surface area contributed by atoms with Crippen molar-refractivity contribution in [2.24, 2.45) is 5.73 Å². The number of hydrogen-bond donors (Lipinski definition) is 2. The van der Waals surface area contributed by atoms with E-state index in [-0.39, 0.29) is 24.8 Å². The summed E-state index contributed by atoms with van der Waals surface area (Å²) in [6, 6.07) is -0.247. The minimum Gasteiger partial charge on any atom is -0.469 e. The first-order valence-electron chi connectivity index (χ1n) is 4.17. The van der Waals surface area contributed by atoms with E-state index in [0.29, 0.717) is 0 Å². The summed E-state index contributed by atoms with van der Waals surface area (Å²) in [7, 11) is -2.20. The zero-order valence-electron chi connectivity index (χ0n) is 8.32. The highest BCUT2D eigenvalue weighted by Gasteiger charge is 2.13. The summed E-state index contributed by atoms with van der Waals surface area (Å²) in [5.41, 5.74) is 5.36. The Labute approximate surface area is 83.9 Å². The monoisotopic (exact) mass is 224 g/mol. The zero-order chi connectivity index (χ0) is 11.2. The Bertz CT molecular complexity index is 273. The van der Waals surface area contributed by atoms with Gasteiger partial charge in [-0.3, -0.25) is 4.79 Å². The van der Waals surface area contributed by atoms with Crippen molar-refractivity contribution in [3.8, 4) is 0 Å². The second-order valence-corrected chi connectivity index (χ2v) is 4.90. The Morgan fingerprint density at radius 1 is 1.57 bits per heavy atom. The van der Waals surface area contributed by atoms with Gasteiger partial charge in [-0.05, 0) is 6.92 Å². The number of sulfonamides is 1. The first-order chi connectivity index (χ1) is 6.37. The molecule has 0 aliphatic heterocycles. The number of nitrogens with one attached hydrogen (secondary N) is 1. The van der Waals surface area contributed by atoms with Crippen LogP contribution in [-0.2, 0) is 19.6 Å². The first kappa shape index (κ1) is 13.3. The Balaban J connectivity index is 3.90. The number of nitrogens with two attached hydrogens (primary N) is 1. The van der Waals surface area contributed by atoms with Crippen LogP contribution in [0.15, 0.2) is 0 Å². The molecule has 0 aromatic heterocycles. The zero-order valence-corrected chi connectivity index (χ0v) is 9.13. The smallest absolute Gasteiger partial charge is 0.306 e. The molecule has 0 saturated carbocycles. The highest BCUT2D eigenvalue weighted by Crippen LogP contribution is 1.91. The second kappa shape index (κ2) is 5.94. The number of carbonyl (C=O) groups excluding carboxylic acids is 1. The molecule has 3 N–H and O–H groups in total. The van der Waals surface area contributed by atoms with Crippen molar-refractivity contribution in [2.75, 3.05) is 19.4 Å². The summed E-state index contributed by atoms with van der Waals surface area (Å²) in [4.78, 5) is 10.7. The third-order valence-corrected chi connectivity index (χ3v) is 2.78. The van der Waals surface area contributed by atoms with E-state index in [1.165, 1.54) is 7.11 Å². The molecule has 0 bridgehead atoms. The number of hydrogen-bond acceptors (Lipinski definition) is 5. The number of ether oxygens (including phenoxy) is 1. The van der Waals surface area contributed by atoms with Gasteiger partial charge >= 0.3 is 5.97 Å². The van der Waals surface area contributed by atoms with Crippen molar-refractivity contribution in [1.29, 1.82) is 0 Å². The summed E-state index contributed by atoms with van der Waals surface area (Å²) in [6.07, 6.45) is -0.148. The van der Waals surface area contributed by atoms with Crippen molar-refractivity contribution in [2.45, 2.75) is 19.4 Å². The summed E-state index contributed by atoms with van der Waals surface area (Å²) in [6.45, 7) is 1.85. The van der Waals surface area contributed by atoms with Crippen LogP contribution >= 0.6 is 0 Å². The summed E-state index contributed by atoms with van der Waals surface area (Å²) < 4.78 is 29.0. The fourth-order valence-corrected chi connectivity index (χ4v) is 1.75. The fraction of sp³-hybridized carbons (Fsp3) is 0.857. The molecular formula is C7H16N2O4S. The maximum Gasteiger partial charge on any atom is 0.306 e. The van der Waals surface area contributed by atoms with Crippen molar-refractivity contribution in [3.05, 3.63) is 0 Å². The first-order valence-corrected chi connectivity index (χ1v) is 5.82. The molecule has 0 aromatic carbocycles. The Hall–Kier alpha value is -0.660. The molecule has 0 radical (unpaired) electrons. The molecule has 0 heterocycles. The molecule has 0 aromatic rings. The molecule has 1 atom stereocenters. The number of methoxy groups -OCH3 is 1. The molecule has 1 unspecified atom stereocenters. The Morgan fingerprint density at radius 3 is 2.57 bits per heavy atom. The van der Waals surface area contributed by atoms with Crippen LogP contribution in [0.25, 0.3) is 0 Å². The molecule has 0 saturated heterocycles. The molecule has 14 heavy (non-hydrogen) atoms. The van der Waals surface area contributed by atoms with E-state index in [1.807, 2.05) is 0 Å². The van der Waals surface area contributed by atoms with Crippen molar-refractivity contribution < 1.29 is 17.9 Å². The van der Waals surface area contributed by atoms with Gasteiger partial charge in [0.25, 0.3) is 0 Å². The SMILES string of the molecule is COC(=O)CCS(=O)(=O)NCC(C)N. The summed E-state index contributed by atoms with van der Waals surface area (Å²) in [5, 5.41) is 0. The van der Waals surface area contributed by atoms with Gasteiger partial charge in [-0.15, -0.1) is 0 Å². The van der Waals surface area contributed by atoms with Crippen LogP contribution < -0.4 is 10.5 Å². The van der Waals surface area contributed by atoms with Crippen LogP contribution in [0.4, 0.5) is 0 Å². The van der Waals surface area contributed by atoms with Gasteiger partial charge in [0.2, 0.25) is 10.0 Å². The second-order valence-electron chi connectivity index (χ2n) is 2.97. The van der Waals surface area contributed by atoms with Gasteiger partial charge in [0.1, 0.15) is 0 Å². The molecule has 0 fully saturated rings. The third-order valence-electron chi connectivity index (χ3n) is 1.43. The van der Waals surface area contributed by atoms with Crippen LogP contribution in [0.2, 0.25) is 0 Å². The van der Waals surface area contributed by atoms with E-state index in [2.05, 4.69) is 9.46 Å².